The topological polar surface area (TPSA) is 55.8 Å². The Labute approximate surface area is 142 Å². The molecule has 0 aliphatic carbocycles. The summed E-state index contributed by atoms with van der Waals surface area (Å²) in [7, 11) is 0. The number of halogens is 1. The molecule has 0 saturated heterocycles. The van der Waals surface area contributed by atoms with Crippen LogP contribution in [0.25, 0.3) is 6.08 Å². The van der Waals surface area contributed by atoms with Gasteiger partial charge in [0.1, 0.15) is 23.9 Å². The summed E-state index contributed by atoms with van der Waals surface area (Å²) in [6.07, 6.45) is 3.57. The molecule has 118 valence electrons. The molecule has 0 radical (unpaired) electrons. The summed E-state index contributed by atoms with van der Waals surface area (Å²) in [6.45, 7) is 0.0197. The van der Waals surface area contributed by atoms with E-state index in [1.807, 2.05) is 30.5 Å². The highest BCUT2D eigenvalue weighted by molar-refractivity contribution is 7.98. The highest BCUT2D eigenvalue weighted by Crippen LogP contribution is 2.38. The van der Waals surface area contributed by atoms with Crippen LogP contribution in [-0.2, 0) is 4.79 Å². The Hall–Kier alpha value is -2.11. The van der Waals surface area contributed by atoms with Gasteiger partial charge in [0.25, 0.3) is 0 Å². The molecule has 0 atom stereocenters. The van der Waals surface area contributed by atoms with Crippen molar-refractivity contribution >= 4 is 35.4 Å². The molecule has 1 N–H and O–H groups in total. The van der Waals surface area contributed by atoms with Crippen LogP contribution in [0.5, 0.6) is 17.2 Å². The minimum Gasteiger partial charge on any atom is -0.488 e. The highest BCUT2D eigenvalue weighted by atomic mass is 35.5. The van der Waals surface area contributed by atoms with Gasteiger partial charge >= 0.3 is 5.97 Å². The van der Waals surface area contributed by atoms with Gasteiger partial charge < -0.3 is 14.6 Å². The van der Waals surface area contributed by atoms with Crippen molar-refractivity contribution in [2.24, 2.45) is 0 Å². The van der Waals surface area contributed by atoms with Crippen LogP contribution in [0.1, 0.15) is 5.56 Å². The SMILES string of the molecule is CSc1ccc(Oc2cc3c(cc2Cl)C=C(C(=O)O)CO3)cc1. The monoisotopic (exact) mass is 348 g/mol. The lowest BCUT2D eigenvalue weighted by Gasteiger charge is -2.18. The Balaban J connectivity index is 1.88. The number of hydrogen-bond acceptors (Lipinski definition) is 4. The minimum atomic E-state index is -0.999. The Morgan fingerprint density at radius 1 is 1.30 bits per heavy atom. The molecule has 1 aliphatic rings. The Morgan fingerprint density at radius 2 is 2.04 bits per heavy atom. The van der Waals surface area contributed by atoms with Gasteiger partial charge in [-0.25, -0.2) is 4.79 Å². The number of aliphatic carboxylic acids is 1. The van der Waals surface area contributed by atoms with Crippen LogP contribution in [-0.4, -0.2) is 23.9 Å². The standard InChI is InChI=1S/C17H13ClO4S/c1-23-13-4-2-12(3-5-13)22-16-8-15-10(7-14(16)18)6-11(9-21-15)17(19)20/h2-8H,9H2,1H3,(H,19,20). The van der Waals surface area contributed by atoms with E-state index in [1.54, 1.807) is 30.0 Å². The van der Waals surface area contributed by atoms with E-state index in [1.165, 1.54) is 0 Å². The van der Waals surface area contributed by atoms with Crippen LogP contribution < -0.4 is 9.47 Å². The van der Waals surface area contributed by atoms with Crippen LogP contribution >= 0.6 is 23.4 Å². The average molecular weight is 349 g/mol. The molecule has 0 fully saturated rings. The van der Waals surface area contributed by atoms with Crippen LogP contribution in [0, 0.1) is 0 Å². The van der Waals surface area contributed by atoms with Crippen molar-refractivity contribution in [3.63, 3.8) is 0 Å². The fourth-order valence-corrected chi connectivity index (χ4v) is 2.76. The quantitative estimate of drug-likeness (QED) is 0.810. The molecule has 2 aromatic rings. The van der Waals surface area contributed by atoms with Crippen molar-refractivity contribution in [2.45, 2.75) is 4.90 Å². The number of benzene rings is 2. The zero-order valence-electron chi connectivity index (χ0n) is 12.2. The van der Waals surface area contributed by atoms with E-state index >= 15 is 0 Å². The normalized spacial score (nSPS) is 12.9. The second-order valence-electron chi connectivity index (χ2n) is 4.86. The Morgan fingerprint density at radius 3 is 2.70 bits per heavy atom. The average Bonchev–Trinajstić information content (AvgIpc) is 2.55. The first kappa shape index (κ1) is 15.8. The molecule has 1 aliphatic heterocycles. The van der Waals surface area contributed by atoms with Gasteiger partial charge in [0, 0.05) is 16.5 Å². The molecular formula is C17H13ClO4S. The van der Waals surface area contributed by atoms with Crippen molar-refractivity contribution in [3.05, 3.63) is 52.6 Å². The predicted octanol–water partition coefficient (Wildman–Crippen LogP) is 4.71. The lowest BCUT2D eigenvalue weighted by Crippen LogP contribution is -2.14. The number of fused-ring (bicyclic) bond motifs is 1. The Bertz CT molecular complexity index is 784. The van der Waals surface area contributed by atoms with Crippen molar-refractivity contribution in [2.75, 3.05) is 12.9 Å². The molecule has 2 aromatic carbocycles. The molecule has 0 bridgehead atoms. The summed E-state index contributed by atoms with van der Waals surface area (Å²) in [5.74, 6) is 0.688. The maximum atomic E-state index is 11.0. The summed E-state index contributed by atoms with van der Waals surface area (Å²) < 4.78 is 11.3. The van der Waals surface area contributed by atoms with Gasteiger partial charge in [-0.3, -0.25) is 0 Å². The summed E-state index contributed by atoms with van der Waals surface area (Å²) in [6, 6.07) is 11.0. The summed E-state index contributed by atoms with van der Waals surface area (Å²) in [4.78, 5) is 12.1. The minimum absolute atomic E-state index is 0.0197. The molecule has 4 nitrogen and oxygen atoms in total. The molecule has 3 rings (SSSR count). The summed E-state index contributed by atoms with van der Waals surface area (Å²) in [5, 5.41) is 9.41. The van der Waals surface area contributed by atoms with Gasteiger partial charge in [-0.2, -0.15) is 0 Å². The fourth-order valence-electron chi connectivity index (χ4n) is 2.15. The zero-order valence-corrected chi connectivity index (χ0v) is 13.8. The number of carboxylic acids is 1. The molecule has 0 aromatic heterocycles. The number of carboxylic acid groups (broad SMARTS) is 1. The van der Waals surface area contributed by atoms with Crippen LogP contribution in [0.4, 0.5) is 0 Å². The smallest absolute Gasteiger partial charge is 0.335 e. The van der Waals surface area contributed by atoms with E-state index in [0.717, 1.165) is 4.90 Å². The second-order valence-corrected chi connectivity index (χ2v) is 6.15. The first-order valence-electron chi connectivity index (χ1n) is 6.79. The molecule has 0 amide bonds. The number of ether oxygens (including phenoxy) is 2. The number of hydrogen-bond donors (Lipinski definition) is 1. The first-order chi connectivity index (χ1) is 11.1. The summed E-state index contributed by atoms with van der Waals surface area (Å²) in [5.41, 5.74) is 0.818. The molecule has 23 heavy (non-hydrogen) atoms. The van der Waals surface area contributed by atoms with E-state index in [0.29, 0.717) is 27.8 Å². The van der Waals surface area contributed by atoms with Crippen LogP contribution in [0.3, 0.4) is 0 Å². The van der Waals surface area contributed by atoms with Gasteiger partial charge in [-0.05, 0) is 42.7 Å². The second kappa shape index (κ2) is 6.56. The van der Waals surface area contributed by atoms with Gasteiger partial charge in [0.05, 0.1) is 10.6 Å². The Kier molecular flexibility index (Phi) is 4.50. The van der Waals surface area contributed by atoms with E-state index in [-0.39, 0.29) is 12.2 Å². The molecule has 0 spiro atoms. The van der Waals surface area contributed by atoms with E-state index in [9.17, 15) is 4.79 Å². The lowest BCUT2D eigenvalue weighted by atomic mass is 10.1. The van der Waals surface area contributed by atoms with E-state index < -0.39 is 5.97 Å². The lowest BCUT2D eigenvalue weighted by molar-refractivity contribution is -0.132. The largest absolute Gasteiger partial charge is 0.488 e. The van der Waals surface area contributed by atoms with Crippen molar-refractivity contribution in [1.29, 1.82) is 0 Å². The van der Waals surface area contributed by atoms with E-state index in [4.69, 9.17) is 26.2 Å². The van der Waals surface area contributed by atoms with Gasteiger partial charge in [0.15, 0.2) is 0 Å². The first-order valence-corrected chi connectivity index (χ1v) is 8.39. The number of thioether (sulfide) groups is 1. The van der Waals surface area contributed by atoms with Gasteiger partial charge in [0.2, 0.25) is 0 Å². The molecule has 6 heteroatoms. The third-order valence-corrected chi connectivity index (χ3v) is 4.38. The van der Waals surface area contributed by atoms with Gasteiger partial charge in [-0.1, -0.05) is 11.6 Å². The zero-order chi connectivity index (χ0) is 16.4. The number of rotatable bonds is 4. The molecule has 0 unspecified atom stereocenters. The molecule has 0 saturated carbocycles. The maximum Gasteiger partial charge on any atom is 0.335 e. The van der Waals surface area contributed by atoms with Crippen LogP contribution in [0.2, 0.25) is 5.02 Å². The van der Waals surface area contributed by atoms with Crippen LogP contribution in [0.15, 0.2) is 46.9 Å². The fraction of sp³-hybridized carbons (Fsp3) is 0.118. The van der Waals surface area contributed by atoms with Gasteiger partial charge in [-0.15, -0.1) is 11.8 Å². The van der Waals surface area contributed by atoms with Crippen molar-refractivity contribution in [1.82, 2.24) is 0 Å². The number of carbonyl (C=O) groups is 1. The van der Waals surface area contributed by atoms with Crippen molar-refractivity contribution in [3.8, 4) is 17.2 Å². The molecular weight excluding hydrogens is 336 g/mol. The maximum absolute atomic E-state index is 11.0. The molecule has 1 heterocycles. The predicted molar refractivity (Wildman–Crippen MR) is 90.9 cm³/mol. The highest BCUT2D eigenvalue weighted by Gasteiger charge is 2.19. The summed E-state index contributed by atoms with van der Waals surface area (Å²) >= 11 is 7.89. The van der Waals surface area contributed by atoms with Crippen molar-refractivity contribution < 1.29 is 19.4 Å². The van der Waals surface area contributed by atoms with E-state index in [2.05, 4.69) is 0 Å². The third kappa shape index (κ3) is 3.46. The third-order valence-electron chi connectivity index (χ3n) is 3.34.